The minimum Gasteiger partial charge on any atom is -0.480 e. The molecule has 4 atom stereocenters. The van der Waals surface area contributed by atoms with Gasteiger partial charge in [-0.2, -0.15) is 0 Å². The van der Waals surface area contributed by atoms with Crippen LogP contribution in [0.1, 0.15) is 66.2 Å². The number of carbonyl (C=O) groups excluding carboxylic acids is 4. The molecule has 34 heavy (non-hydrogen) atoms. The number of amides is 4. The summed E-state index contributed by atoms with van der Waals surface area (Å²) in [6.07, 6.45) is 1.77. The first-order chi connectivity index (χ1) is 15.8. The summed E-state index contributed by atoms with van der Waals surface area (Å²) in [6.45, 7) is 7.92. The summed E-state index contributed by atoms with van der Waals surface area (Å²) >= 11 is 0. The van der Waals surface area contributed by atoms with Crippen LogP contribution in [0.15, 0.2) is 0 Å². The second-order valence-corrected chi connectivity index (χ2v) is 9.34. The molecule has 4 unspecified atom stereocenters. The van der Waals surface area contributed by atoms with Crippen LogP contribution in [0.4, 0.5) is 0 Å². The van der Waals surface area contributed by atoms with E-state index >= 15 is 0 Å². The molecular weight excluding hydrogens is 444 g/mol. The van der Waals surface area contributed by atoms with Gasteiger partial charge >= 0.3 is 5.97 Å². The van der Waals surface area contributed by atoms with E-state index in [9.17, 15) is 29.1 Å². The highest BCUT2D eigenvalue weighted by Crippen LogP contribution is 2.10. The molecule has 0 aromatic heterocycles. The van der Waals surface area contributed by atoms with Crippen molar-refractivity contribution in [2.75, 3.05) is 6.54 Å². The van der Waals surface area contributed by atoms with E-state index in [2.05, 4.69) is 16.0 Å². The van der Waals surface area contributed by atoms with Crippen LogP contribution in [0.2, 0.25) is 0 Å². The number of aliphatic carboxylic acids is 1. The van der Waals surface area contributed by atoms with Crippen LogP contribution in [-0.2, 0) is 24.0 Å². The molecule has 4 amide bonds. The Hall–Kier alpha value is -2.73. The summed E-state index contributed by atoms with van der Waals surface area (Å²) in [6, 6.07) is -4.33. The van der Waals surface area contributed by atoms with Gasteiger partial charge in [0.25, 0.3) is 0 Å². The number of unbranched alkanes of at least 4 members (excludes halogenated alkanes) is 1. The SMILES string of the molecule is CC(C)CC(NC(=O)C(N)CCCCN)C(=O)NC(CC(C)C)C(=O)NC(CC(N)=O)C(=O)O. The summed E-state index contributed by atoms with van der Waals surface area (Å²) in [5, 5.41) is 16.8. The van der Waals surface area contributed by atoms with Gasteiger partial charge in [0.15, 0.2) is 0 Å². The van der Waals surface area contributed by atoms with Crippen molar-refractivity contribution in [2.45, 2.75) is 90.4 Å². The number of rotatable bonds is 17. The van der Waals surface area contributed by atoms with Gasteiger partial charge in [-0.25, -0.2) is 4.79 Å². The monoisotopic (exact) mass is 486 g/mol. The smallest absolute Gasteiger partial charge is 0.326 e. The first-order valence-electron chi connectivity index (χ1n) is 11.7. The van der Waals surface area contributed by atoms with E-state index in [1.54, 1.807) is 0 Å². The summed E-state index contributed by atoms with van der Waals surface area (Å²) in [5.74, 6) is -4.11. The number of carboxylic acid groups (broad SMARTS) is 1. The highest BCUT2D eigenvalue weighted by Gasteiger charge is 2.31. The lowest BCUT2D eigenvalue weighted by Crippen LogP contribution is -2.57. The van der Waals surface area contributed by atoms with Crippen LogP contribution < -0.4 is 33.2 Å². The molecular formula is C22H42N6O6. The Labute approximate surface area is 201 Å². The predicted octanol–water partition coefficient (Wildman–Crippen LogP) is -1.05. The fourth-order valence-corrected chi connectivity index (χ4v) is 3.27. The van der Waals surface area contributed by atoms with Gasteiger partial charge in [-0.05, 0) is 44.1 Å². The van der Waals surface area contributed by atoms with Gasteiger partial charge in [-0.3, -0.25) is 19.2 Å². The van der Waals surface area contributed by atoms with Crippen LogP contribution in [0, 0.1) is 11.8 Å². The summed E-state index contributed by atoms with van der Waals surface area (Å²) in [4.78, 5) is 60.8. The lowest BCUT2D eigenvalue weighted by molar-refractivity contribution is -0.144. The fourth-order valence-electron chi connectivity index (χ4n) is 3.27. The zero-order valence-corrected chi connectivity index (χ0v) is 20.6. The van der Waals surface area contributed by atoms with E-state index in [0.29, 0.717) is 25.8 Å². The van der Waals surface area contributed by atoms with E-state index in [1.807, 2.05) is 27.7 Å². The molecule has 0 saturated heterocycles. The van der Waals surface area contributed by atoms with Crippen molar-refractivity contribution in [1.82, 2.24) is 16.0 Å². The van der Waals surface area contributed by atoms with Crippen LogP contribution in [-0.4, -0.2) is 65.4 Å². The molecule has 0 aliphatic heterocycles. The van der Waals surface area contributed by atoms with Gasteiger partial charge in [0.1, 0.15) is 18.1 Å². The molecule has 0 saturated carbocycles. The zero-order chi connectivity index (χ0) is 26.4. The van der Waals surface area contributed by atoms with Crippen LogP contribution in [0.25, 0.3) is 0 Å². The molecule has 10 N–H and O–H groups in total. The third-order valence-electron chi connectivity index (χ3n) is 5.01. The molecule has 196 valence electrons. The van der Waals surface area contributed by atoms with Crippen LogP contribution in [0.3, 0.4) is 0 Å². The Bertz CT molecular complexity index is 699. The predicted molar refractivity (Wildman–Crippen MR) is 127 cm³/mol. The third-order valence-corrected chi connectivity index (χ3v) is 5.01. The number of nitrogens with two attached hydrogens (primary N) is 3. The second-order valence-electron chi connectivity index (χ2n) is 9.34. The lowest BCUT2D eigenvalue weighted by Gasteiger charge is -2.26. The summed E-state index contributed by atoms with van der Waals surface area (Å²) < 4.78 is 0. The van der Waals surface area contributed by atoms with E-state index < -0.39 is 60.2 Å². The number of carbonyl (C=O) groups is 5. The Morgan fingerprint density at radius 2 is 1.21 bits per heavy atom. The highest BCUT2D eigenvalue weighted by atomic mass is 16.4. The van der Waals surface area contributed by atoms with E-state index in [0.717, 1.165) is 6.42 Å². The number of hydrogen-bond acceptors (Lipinski definition) is 7. The molecule has 0 aliphatic rings. The van der Waals surface area contributed by atoms with Gasteiger partial charge in [0.05, 0.1) is 12.5 Å². The topological polar surface area (TPSA) is 220 Å². The minimum absolute atomic E-state index is 0.0235. The molecule has 0 aliphatic carbocycles. The maximum absolute atomic E-state index is 13.0. The van der Waals surface area contributed by atoms with Crippen molar-refractivity contribution < 1.29 is 29.1 Å². The van der Waals surface area contributed by atoms with Gasteiger partial charge in [-0.1, -0.05) is 34.1 Å². The first kappa shape index (κ1) is 31.3. The van der Waals surface area contributed by atoms with Gasteiger partial charge < -0.3 is 38.3 Å². The Morgan fingerprint density at radius 1 is 0.765 bits per heavy atom. The molecule has 0 heterocycles. The zero-order valence-electron chi connectivity index (χ0n) is 20.6. The molecule has 12 heteroatoms. The van der Waals surface area contributed by atoms with Crippen LogP contribution in [0.5, 0.6) is 0 Å². The van der Waals surface area contributed by atoms with Gasteiger partial charge in [-0.15, -0.1) is 0 Å². The number of primary amides is 1. The highest BCUT2D eigenvalue weighted by molar-refractivity contribution is 5.94. The Morgan fingerprint density at radius 3 is 1.59 bits per heavy atom. The molecule has 0 fully saturated rings. The fraction of sp³-hybridized carbons (Fsp3) is 0.773. The molecule has 0 aromatic carbocycles. The first-order valence-corrected chi connectivity index (χ1v) is 11.7. The molecule has 0 aromatic rings. The van der Waals surface area contributed by atoms with Crippen molar-refractivity contribution >= 4 is 29.6 Å². The normalized spacial score (nSPS) is 14.7. The van der Waals surface area contributed by atoms with E-state index in [4.69, 9.17) is 17.2 Å². The number of carboxylic acids is 1. The van der Waals surface area contributed by atoms with Crippen molar-refractivity contribution in [3.63, 3.8) is 0 Å². The standard InChI is InChI=1S/C22H42N6O6/c1-12(2)9-15(26-19(30)14(24)7-5-6-8-23)20(31)27-16(10-13(3)4)21(32)28-17(22(33)34)11-18(25)29/h12-17H,5-11,23-24H2,1-4H3,(H2,25,29)(H,26,30)(H,27,31)(H,28,32)(H,33,34). The average molecular weight is 487 g/mol. The Kier molecular flexibility index (Phi) is 14.7. The second kappa shape index (κ2) is 16.0. The number of hydrogen-bond donors (Lipinski definition) is 7. The number of nitrogens with one attached hydrogen (secondary N) is 3. The van der Waals surface area contributed by atoms with E-state index in [1.165, 1.54) is 0 Å². The third kappa shape index (κ3) is 13.1. The molecule has 0 spiro atoms. The van der Waals surface area contributed by atoms with Crippen LogP contribution >= 0.6 is 0 Å². The molecule has 0 rings (SSSR count). The molecule has 0 radical (unpaired) electrons. The maximum Gasteiger partial charge on any atom is 0.326 e. The Balaban J connectivity index is 5.44. The largest absolute Gasteiger partial charge is 0.480 e. The summed E-state index contributed by atoms with van der Waals surface area (Å²) in [7, 11) is 0. The minimum atomic E-state index is -1.52. The van der Waals surface area contributed by atoms with Crippen molar-refractivity contribution in [1.29, 1.82) is 0 Å². The maximum atomic E-state index is 13.0. The van der Waals surface area contributed by atoms with E-state index in [-0.39, 0.29) is 18.3 Å². The van der Waals surface area contributed by atoms with Gasteiger partial charge in [0, 0.05) is 0 Å². The molecule has 12 nitrogen and oxygen atoms in total. The summed E-state index contributed by atoms with van der Waals surface area (Å²) in [5.41, 5.74) is 16.5. The van der Waals surface area contributed by atoms with Crippen molar-refractivity contribution in [3.8, 4) is 0 Å². The van der Waals surface area contributed by atoms with Crippen molar-refractivity contribution in [2.24, 2.45) is 29.0 Å². The average Bonchev–Trinajstić information content (AvgIpc) is 2.71. The van der Waals surface area contributed by atoms with Crippen molar-refractivity contribution in [3.05, 3.63) is 0 Å². The molecule has 0 bridgehead atoms. The van der Waals surface area contributed by atoms with Gasteiger partial charge in [0.2, 0.25) is 23.6 Å². The quantitative estimate of drug-likeness (QED) is 0.125. The lowest BCUT2D eigenvalue weighted by atomic mass is 9.99.